The molecule has 0 saturated carbocycles. The Balaban J connectivity index is 1.84. The van der Waals surface area contributed by atoms with Gasteiger partial charge in [0.25, 0.3) is 0 Å². The SMILES string of the molecule is CC(C)c1c(Cl)ccc2c1CC(Nc1cccnc1)C2. The first kappa shape index (κ1) is 13.4. The fraction of sp³-hybridized carbons (Fsp3) is 0.353. The molecule has 0 spiro atoms. The van der Waals surface area contributed by atoms with Gasteiger partial charge in [-0.3, -0.25) is 4.98 Å². The molecule has 1 aromatic heterocycles. The Morgan fingerprint density at radius 3 is 2.80 bits per heavy atom. The maximum absolute atomic E-state index is 6.38. The van der Waals surface area contributed by atoms with E-state index in [4.69, 9.17) is 11.6 Å². The summed E-state index contributed by atoms with van der Waals surface area (Å²) >= 11 is 6.38. The van der Waals surface area contributed by atoms with Crippen LogP contribution < -0.4 is 5.32 Å². The maximum atomic E-state index is 6.38. The van der Waals surface area contributed by atoms with Gasteiger partial charge in [0.15, 0.2) is 0 Å². The van der Waals surface area contributed by atoms with Crippen LogP contribution in [0.4, 0.5) is 5.69 Å². The largest absolute Gasteiger partial charge is 0.380 e. The second kappa shape index (κ2) is 5.45. The highest BCUT2D eigenvalue weighted by molar-refractivity contribution is 6.31. The number of benzene rings is 1. The number of rotatable bonds is 3. The summed E-state index contributed by atoms with van der Waals surface area (Å²) in [4.78, 5) is 4.15. The molecule has 0 saturated heterocycles. The second-order valence-corrected chi connectivity index (χ2v) is 6.15. The fourth-order valence-electron chi connectivity index (χ4n) is 3.11. The van der Waals surface area contributed by atoms with Crippen LogP contribution in [0.25, 0.3) is 0 Å². The van der Waals surface area contributed by atoms with Gasteiger partial charge in [0, 0.05) is 23.5 Å². The summed E-state index contributed by atoms with van der Waals surface area (Å²) in [5, 5.41) is 4.47. The molecule has 1 aliphatic rings. The van der Waals surface area contributed by atoms with Crippen molar-refractivity contribution in [1.29, 1.82) is 0 Å². The second-order valence-electron chi connectivity index (χ2n) is 5.74. The Hall–Kier alpha value is -1.54. The Kier molecular flexibility index (Phi) is 3.66. The number of pyridine rings is 1. The van der Waals surface area contributed by atoms with E-state index in [0.717, 1.165) is 23.6 Å². The average Bonchev–Trinajstić information content (AvgIpc) is 2.81. The van der Waals surface area contributed by atoms with Crippen molar-refractivity contribution in [2.75, 3.05) is 5.32 Å². The molecule has 104 valence electrons. The normalized spacial score (nSPS) is 17.3. The molecule has 20 heavy (non-hydrogen) atoms. The van der Waals surface area contributed by atoms with Crippen molar-refractivity contribution in [3.8, 4) is 0 Å². The topological polar surface area (TPSA) is 24.9 Å². The van der Waals surface area contributed by atoms with E-state index in [1.807, 2.05) is 18.3 Å². The average molecular weight is 287 g/mol. The first-order valence-corrected chi connectivity index (χ1v) is 7.49. The lowest BCUT2D eigenvalue weighted by Gasteiger charge is -2.15. The summed E-state index contributed by atoms with van der Waals surface area (Å²) in [6.07, 6.45) is 5.77. The summed E-state index contributed by atoms with van der Waals surface area (Å²) < 4.78 is 0. The summed E-state index contributed by atoms with van der Waals surface area (Å²) in [6.45, 7) is 4.42. The van der Waals surface area contributed by atoms with Crippen LogP contribution >= 0.6 is 11.6 Å². The minimum Gasteiger partial charge on any atom is -0.380 e. The monoisotopic (exact) mass is 286 g/mol. The molecular weight excluding hydrogens is 268 g/mol. The summed E-state index contributed by atoms with van der Waals surface area (Å²) in [5.41, 5.74) is 5.27. The standard InChI is InChI=1S/C17H19ClN2/c1-11(2)17-15-9-14(8-12(15)5-6-16(17)18)20-13-4-3-7-19-10-13/h3-7,10-11,14,20H,8-9H2,1-2H3. The van der Waals surface area contributed by atoms with E-state index in [2.05, 4.69) is 36.3 Å². The molecule has 1 atom stereocenters. The van der Waals surface area contributed by atoms with Gasteiger partial charge in [-0.15, -0.1) is 0 Å². The molecule has 0 bridgehead atoms. The van der Waals surface area contributed by atoms with Crippen molar-refractivity contribution in [3.63, 3.8) is 0 Å². The molecular formula is C17H19ClN2. The van der Waals surface area contributed by atoms with Crippen LogP contribution in [-0.2, 0) is 12.8 Å². The van der Waals surface area contributed by atoms with Crippen LogP contribution in [0, 0.1) is 0 Å². The molecule has 2 aromatic rings. The van der Waals surface area contributed by atoms with Crippen molar-refractivity contribution in [3.05, 3.63) is 58.4 Å². The molecule has 0 radical (unpaired) electrons. The lowest BCUT2D eigenvalue weighted by atomic mass is 9.94. The number of fused-ring (bicyclic) bond motifs is 1. The van der Waals surface area contributed by atoms with Gasteiger partial charge in [-0.25, -0.2) is 0 Å². The summed E-state index contributed by atoms with van der Waals surface area (Å²) in [5.74, 6) is 0.467. The third-order valence-corrected chi connectivity index (χ3v) is 4.26. The van der Waals surface area contributed by atoms with Crippen LogP contribution in [-0.4, -0.2) is 11.0 Å². The minimum atomic E-state index is 0.435. The maximum Gasteiger partial charge on any atom is 0.0529 e. The number of nitrogens with zero attached hydrogens (tertiary/aromatic N) is 1. The van der Waals surface area contributed by atoms with E-state index >= 15 is 0 Å². The van der Waals surface area contributed by atoms with Gasteiger partial charge >= 0.3 is 0 Å². The van der Waals surface area contributed by atoms with Gasteiger partial charge in [-0.1, -0.05) is 31.5 Å². The Bertz CT molecular complexity index is 608. The number of aromatic nitrogens is 1. The Morgan fingerprint density at radius 1 is 1.25 bits per heavy atom. The van der Waals surface area contributed by atoms with Crippen molar-refractivity contribution in [1.82, 2.24) is 4.98 Å². The van der Waals surface area contributed by atoms with E-state index in [-0.39, 0.29) is 0 Å². The number of hydrogen-bond acceptors (Lipinski definition) is 2. The van der Waals surface area contributed by atoms with E-state index in [9.17, 15) is 0 Å². The van der Waals surface area contributed by atoms with Crippen LogP contribution in [0.3, 0.4) is 0 Å². The van der Waals surface area contributed by atoms with E-state index in [1.165, 1.54) is 16.7 Å². The minimum absolute atomic E-state index is 0.435. The number of nitrogens with one attached hydrogen (secondary N) is 1. The molecule has 2 nitrogen and oxygen atoms in total. The van der Waals surface area contributed by atoms with Gasteiger partial charge in [0.05, 0.1) is 5.69 Å². The number of anilines is 1. The first-order valence-electron chi connectivity index (χ1n) is 7.12. The fourth-order valence-corrected chi connectivity index (χ4v) is 3.50. The van der Waals surface area contributed by atoms with Crippen molar-refractivity contribution in [2.24, 2.45) is 0 Å². The van der Waals surface area contributed by atoms with Gasteiger partial charge in [-0.2, -0.15) is 0 Å². The van der Waals surface area contributed by atoms with Crippen LogP contribution in [0.1, 0.15) is 36.5 Å². The quantitative estimate of drug-likeness (QED) is 0.902. The molecule has 1 N–H and O–H groups in total. The van der Waals surface area contributed by atoms with Crippen LogP contribution in [0.15, 0.2) is 36.7 Å². The zero-order valence-corrected chi connectivity index (χ0v) is 12.6. The van der Waals surface area contributed by atoms with Crippen molar-refractivity contribution < 1.29 is 0 Å². The Labute approximate surface area is 125 Å². The molecule has 3 heteroatoms. The smallest absolute Gasteiger partial charge is 0.0529 e. The van der Waals surface area contributed by atoms with E-state index in [1.54, 1.807) is 6.20 Å². The molecule has 1 aliphatic carbocycles. The molecule has 0 fully saturated rings. The summed E-state index contributed by atoms with van der Waals surface area (Å²) in [7, 11) is 0. The third kappa shape index (κ3) is 2.53. The van der Waals surface area contributed by atoms with Gasteiger partial charge in [-0.05, 0) is 53.6 Å². The van der Waals surface area contributed by atoms with E-state index in [0.29, 0.717) is 12.0 Å². The zero-order valence-electron chi connectivity index (χ0n) is 11.9. The lowest BCUT2D eigenvalue weighted by Crippen LogP contribution is -2.19. The zero-order chi connectivity index (χ0) is 14.1. The van der Waals surface area contributed by atoms with Crippen molar-refractivity contribution in [2.45, 2.75) is 38.6 Å². The van der Waals surface area contributed by atoms with Crippen LogP contribution in [0.2, 0.25) is 5.02 Å². The van der Waals surface area contributed by atoms with Gasteiger partial charge in [0.2, 0.25) is 0 Å². The molecule has 0 amide bonds. The van der Waals surface area contributed by atoms with Gasteiger partial charge < -0.3 is 5.32 Å². The molecule has 1 aromatic carbocycles. The highest BCUT2D eigenvalue weighted by Crippen LogP contribution is 2.35. The predicted octanol–water partition coefficient (Wildman–Crippen LogP) is 4.44. The molecule has 1 unspecified atom stereocenters. The first-order chi connectivity index (χ1) is 9.65. The van der Waals surface area contributed by atoms with E-state index < -0.39 is 0 Å². The highest BCUT2D eigenvalue weighted by Gasteiger charge is 2.26. The van der Waals surface area contributed by atoms with Crippen LogP contribution in [0.5, 0.6) is 0 Å². The molecule has 3 rings (SSSR count). The number of hydrogen-bond donors (Lipinski definition) is 1. The molecule has 0 aliphatic heterocycles. The Morgan fingerprint density at radius 2 is 2.10 bits per heavy atom. The highest BCUT2D eigenvalue weighted by atomic mass is 35.5. The van der Waals surface area contributed by atoms with Gasteiger partial charge in [0.1, 0.15) is 0 Å². The van der Waals surface area contributed by atoms with Crippen molar-refractivity contribution >= 4 is 17.3 Å². The lowest BCUT2D eigenvalue weighted by molar-refractivity contribution is 0.764. The predicted molar refractivity (Wildman–Crippen MR) is 84.6 cm³/mol. The third-order valence-electron chi connectivity index (χ3n) is 3.93. The summed E-state index contributed by atoms with van der Waals surface area (Å²) in [6, 6.07) is 8.68. The molecule has 1 heterocycles. The number of halogens is 1.